The average Bonchev–Trinajstić information content (AvgIpc) is 2.66. The van der Waals surface area contributed by atoms with Gasteiger partial charge in [-0.25, -0.2) is 0 Å². The number of halogens is 3. The van der Waals surface area contributed by atoms with E-state index in [-0.39, 0.29) is 5.38 Å². The highest BCUT2D eigenvalue weighted by molar-refractivity contribution is 6.31. The Hall–Kier alpha value is -1.24. The first-order valence-electron chi connectivity index (χ1n) is 9.75. The van der Waals surface area contributed by atoms with Gasteiger partial charge in [0.1, 0.15) is 0 Å². The van der Waals surface area contributed by atoms with E-state index in [9.17, 15) is 0 Å². The highest BCUT2D eigenvalue weighted by Crippen LogP contribution is 2.15. The van der Waals surface area contributed by atoms with Gasteiger partial charge in [0.25, 0.3) is 0 Å². The molecule has 1 aromatic rings. The second kappa shape index (κ2) is 11.2. The van der Waals surface area contributed by atoms with Crippen LogP contribution < -0.4 is 0 Å². The molecule has 1 atom stereocenters. The van der Waals surface area contributed by atoms with E-state index in [0.717, 1.165) is 74.3 Å². The molecule has 5 nitrogen and oxygen atoms in total. The van der Waals surface area contributed by atoms with Gasteiger partial charge in [0.2, 0.25) is 0 Å². The van der Waals surface area contributed by atoms with Crippen LogP contribution >= 0.6 is 34.8 Å². The molecular formula is C21H26Cl3N5. The minimum absolute atomic E-state index is 0.0160. The molecule has 1 aromatic heterocycles. The number of aliphatic imine (C=N–C) groups is 2. The Bertz CT molecular complexity index is 818. The molecule has 0 saturated carbocycles. The summed E-state index contributed by atoms with van der Waals surface area (Å²) in [5.74, 6) is 0. The molecule has 0 aromatic carbocycles. The Morgan fingerprint density at radius 1 is 1.17 bits per heavy atom. The summed E-state index contributed by atoms with van der Waals surface area (Å²) in [7, 11) is 2.09. The van der Waals surface area contributed by atoms with E-state index in [2.05, 4.69) is 31.8 Å². The first kappa shape index (κ1) is 22.4. The van der Waals surface area contributed by atoms with Crippen LogP contribution in [0.3, 0.4) is 0 Å². The van der Waals surface area contributed by atoms with Crippen LogP contribution in [0.1, 0.15) is 18.5 Å². The summed E-state index contributed by atoms with van der Waals surface area (Å²) in [6, 6.07) is 3.70. The maximum atomic E-state index is 6.27. The van der Waals surface area contributed by atoms with Gasteiger partial charge in [-0.3, -0.25) is 24.8 Å². The third kappa shape index (κ3) is 7.83. The van der Waals surface area contributed by atoms with E-state index in [4.69, 9.17) is 34.8 Å². The average molecular weight is 455 g/mol. The van der Waals surface area contributed by atoms with Crippen molar-refractivity contribution < 1.29 is 0 Å². The monoisotopic (exact) mass is 453 g/mol. The van der Waals surface area contributed by atoms with Crippen molar-refractivity contribution in [2.75, 3.05) is 39.8 Å². The SMILES string of the molecule is CN(CCN(CC1=NCCC(Cl)=C1)CC1=NC=CC(Cl)C1)Cc1cc(Cl)ccn1. The molecular weight excluding hydrogens is 429 g/mol. The van der Waals surface area contributed by atoms with Crippen LogP contribution in [-0.4, -0.2) is 71.4 Å². The molecule has 0 radical (unpaired) electrons. The molecule has 0 amide bonds. The predicted molar refractivity (Wildman–Crippen MR) is 124 cm³/mol. The Balaban J connectivity index is 1.60. The zero-order valence-electron chi connectivity index (χ0n) is 16.6. The van der Waals surface area contributed by atoms with E-state index in [0.29, 0.717) is 5.02 Å². The van der Waals surface area contributed by atoms with Crippen LogP contribution in [0, 0.1) is 0 Å². The molecule has 0 saturated heterocycles. The van der Waals surface area contributed by atoms with Crippen molar-refractivity contribution >= 4 is 46.2 Å². The van der Waals surface area contributed by atoms with Crippen LogP contribution in [0.2, 0.25) is 5.02 Å². The fourth-order valence-electron chi connectivity index (χ4n) is 3.30. The van der Waals surface area contributed by atoms with E-state index < -0.39 is 0 Å². The summed E-state index contributed by atoms with van der Waals surface area (Å²) in [5, 5.41) is 1.60. The van der Waals surface area contributed by atoms with E-state index in [1.54, 1.807) is 18.5 Å². The Morgan fingerprint density at radius 2 is 2.03 bits per heavy atom. The van der Waals surface area contributed by atoms with Crippen LogP contribution in [-0.2, 0) is 6.54 Å². The first-order valence-corrected chi connectivity index (χ1v) is 10.9. The van der Waals surface area contributed by atoms with Crippen molar-refractivity contribution in [1.29, 1.82) is 0 Å². The molecule has 3 heterocycles. The molecule has 156 valence electrons. The van der Waals surface area contributed by atoms with Gasteiger partial charge in [0.05, 0.1) is 11.1 Å². The van der Waals surface area contributed by atoms with Crippen molar-refractivity contribution in [2.45, 2.75) is 24.8 Å². The van der Waals surface area contributed by atoms with Gasteiger partial charge in [-0.05, 0) is 31.3 Å². The number of hydrogen-bond acceptors (Lipinski definition) is 5. The largest absolute Gasteiger partial charge is 0.299 e. The number of alkyl halides is 1. The minimum atomic E-state index is 0.0160. The summed E-state index contributed by atoms with van der Waals surface area (Å²) >= 11 is 18.6. The molecule has 3 rings (SSSR count). The van der Waals surface area contributed by atoms with Crippen LogP contribution in [0.4, 0.5) is 0 Å². The number of nitrogens with zero attached hydrogens (tertiary/aromatic N) is 5. The number of likely N-dealkylation sites (N-methyl/N-ethyl adjacent to an activating group) is 1. The zero-order chi connectivity index (χ0) is 20.6. The quantitative estimate of drug-likeness (QED) is 0.519. The molecule has 0 fully saturated rings. The third-order valence-corrected chi connectivity index (χ3v) is 5.60. The van der Waals surface area contributed by atoms with E-state index in [1.807, 2.05) is 18.2 Å². The van der Waals surface area contributed by atoms with Gasteiger partial charge >= 0.3 is 0 Å². The second-order valence-corrected chi connectivity index (χ2v) is 8.87. The predicted octanol–water partition coefficient (Wildman–Crippen LogP) is 4.40. The van der Waals surface area contributed by atoms with Crippen molar-refractivity contribution in [1.82, 2.24) is 14.8 Å². The molecule has 29 heavy (non-hydrogen) atoms. The Labute approximate surface area is 187 Å². The van der Waals surface area contributed by atoms with Crippen molar-refractivity contribution in [3.05, 3.63) is 52.4 Å². The van der Waals surface area contributed by atoms with Crippen molar-refractivity contribution in [2.24, 2.45) is 9.98 Å². The van der Waals surface area contributed by atoms with E-state index in [1.165, 1.54) is 0 Å². The maximum absolute atomic E-state index is 6.27. The topological polar surface area (TPSA) is 44.1 Å². The standard InChI is InChI=1S/C21H26Cl3N5/c1-28(13-19-10-16(22)2-5-25-19)8-9-29(14-20-11-17(23)3-6-26-20)15-21-12-18(24)4-7-27-21/h2-3,5-6,10,12,17H,4,7-9,11,13-15H2,1H3. The Kier molecular flexibility index (Phi) is 8.69. The Morgan fingerprint density at radius 3 is 2.79 bits per heavy atom. The first-order chi connectivity index (χ1) is 14.0. The summed E-state index contributed by atoms with van der Waals surface area (Å²) in [4.78, 5) is 18.1. The van der Waals surface area contributed by atoms with E-state index >= 15 is 0 Å². The lowest BCUT2D eigenvalue weighted by molar-refractivity contribution is 0.256. The van der Waals surface area contributed by atoms with Gasteiger partial charge in [0, 0.05) is 86.0 Å². The number of rotatable bonds is 9. The van der Waals surface area contributed by atoms with Gasteiger partial charge in [-0.1, -0.05) is 23.2 Å². The number of hydrogen-bond donors (Lipinski definition) is 0. The molecule has 0 N–H and O–H groups in total. The lowest BCUT2D eigenvalue weighted by Crippen LogP contribution is -2.40. The maximum Gasteiger partial charge on any atom is 0.0586 e. The normalized spacial score (nSPS) is 19.4. The summed E-state index contributed by atoms with van der Waals surface area (Å²) in [6.45, 7) is 4.76. The molecule has 8 heteroatoms. The van der Waals surface area contributed by atoms with Crippen molar-refractivity contribution in [3.8, 4) is 0 Å². The smallest absolute Gasteiger partial charge is 0.0586 e. The number of pyridine rings is 1. The summed E-state index contributed by atoms with van der Waals surface area (Å²) in [6.07, 6.45) is 9.07. The minimum Gasteiger partial charge on any atom is -0.299 e. The highest BCUT2D eigenvalue weighted by atomic mass is 35.5. The molecule has 2 aliphatic rings. The van der Waals surface area contributed by atoms with Gasteiger partial charge in [-0.15, -0.1) is 11.6 Å². The number of allylic oxidation sites excluding steroid dienone is 1. The molecule has 0 bridgehead atoms. The third-order valence-electron chi connectivity index (χ3n) is 4.77. The zero-order valence-corrected chi connectivity index (χ0v) is 18.8. The van der Waals surface area contributed by atoms with Crippen molar-refractivity contribution in [3.63, 3.8) is 0 Å². The van der Waals surface area contributed by atoms with Crippen LogP contribution in [0.15, 0.2) is 51.7 Å². The molecule has 0 spiro atoms. The summed E-state index contributed by atoms with van der Waals surface area (Å²) < 4.78 is 0. The lowest BCUT2D eigenvalue weighted by Gasteiger charge is -2.27. The highest BCUT2D eigenvalue weighted by Gasteiger charge is 2.17. The second-order valence-electron chi connectivity index (χ2n) is 7.39. The molecule has 2 aliphatic heterocycles. The van der Waals surface area contributed by atoms with Crippen LogP contribution in [0.25, 0.3) is 0 Å². The van der Waals surface area contributed by atoms with Gasteiger partial charge in [0.15, 0.2) is 0 Å². The molecule has 0 aliphatic carbocycles. The summed E-state index contributed by atoms with van der Waals surface area (Å²) in [5.41, 5.74) is 3.08. The van der Waals surface area contributed by atoms with Gasteiger partial charge < -0.3 is 0 Å². The van der Waals surface area contributed by atoms with Gasteiger partial charge in [-0.2, -0.15) is 0 Å². The number of aromatic nitrogens is 1. The number of dihydropyridines is 1. The fourth-order valence-corrected chi connectivity index (χ4v) is 3.93. The molecule has 1 unspecified atom stereocenters. The fraction of sp³-hybridized carbons (Fsp3) is 0.476. The lowest BCUT2D eigenvalue weighted by atomic mass is 10.1. The van der Waals surface area contributed by atoms with Crippen LogP contribution in [0.5, 0.6) is 0 Å².